The second-order valence-corrected chi connectivity index (χ2v) is 3.24. The highest BCUT2D eigenvalue weighted by Crippen LogP contribution is 2.21. The Balaban J connectivity index is 2.48. The van der Waals surface area contributed by atoms with Crippen LogP contribution in [-0.2, 0) is 4.79 Å². The summed E-state index contributed by atoms with van der Waals surface area (Å²) >= 11 is 0. The average Bonchev–Trinajstić information content (AvgIpc) is 2.30. The van der Waals surface area contributed by atoms with Crippen LogP contribution in [-0.4, -0.2) is 16.0 Å². The zero-order valence-electron chi connectivity index (χ0n) is 8.71. The molecule has 1 heterocycles. The third-order valence-corrected chi connectivity index (χ3v) is 2.09. The van der Waals surface area contributed by atoms with E-state index in [0.29, 0.717) is 11.5 Å². The van der Waals surface area contributed by atoms with Gasteiger partial charge in [-0.1, -0.05) is 12.1 Å². The highest BCUT2D eigenvalue weighted by molar-refractivity contribution is 5.64. The van der Waals surface area contributed by atoms with Gasteiger partial charge in [0.25, 0.3) is 0 Å². The van der Waals surface area contributed by atoms with Crippen LogP contribution in [0.4, 0.5) is 5.69 Å². The van der Waals surface area contributed by atoms with Gasteiger partial charge in [0.1, 0.15) is 5.82 Å². The molecule has 1 aromatic carbocycles. The lowest BCUT2D eigenvalue weighted by Crippen LogP contribution is -1.89. The number of aromatic nitrogens is 2. The van der Waals surface area contributed by atoms with Crippen molar-refractivity contribution in [3.05, 3.63) is 42.4 Å². The Morgan fingerprint density at radius 3 is 2.94 bits per heavy atom. The predicted octanol–water partition coefficient (Wildman–Crippen LogP) is 2.42. The van der Waals surface area contributed by atoms with Crippen LogP contribution in [0.5, 0.6) is 0 Å². The molecule has 16 heavy (non-hydrogen) atoms. The van der Waals surface area contributed by atoms with E-state index >= 15 is 0 Å². The van der Waals surface area contributed by atoms with E-state index in [1.54, 1.807) is 18.3 Å². The van der Waals surface area contributed by atoms with Crippen molar-refractivity contribution >= 4 is 11.8 Å². The summed E-state index contributed by atoms with van der Waals surface area (Å²) in [4.78, 5) is 22.0. The Morgan fingerprint density at radius 2 is 2.19 bits per heavy atom. The molecule has 0 N–H and O–H groups in total. The van der Waals surface area contributed by atoms with Crippen molar-refractivity contribution in [2.75, 3.05) is 0 Å². The first kappa shape index (κ1) is 10.2. The predicted molar refractivity (Wildman–Crippen MR) is 60.0 cm³/mol. The zero-order chi connectivity index (χ0) is 11.4. The summed E-state index contributed by atoms with van der Waals surface area (Å²) in [7, 11) is 0. The van der Waals surface area contributed by atoms with E-state index in [4.69, 9.17) is 0 Å². The zero-order valence-corrected chi connectivity index (χ0v) is 8.71. The summed E-state index contributed by atoms with van der Waals surface area (Å²) < 4.78 is 0. The molecule has 0 bridgehead atoms. The number of hydrogen-bond acceptors (Lipinski definition) is 4. The topological polar surface area (TPSA) is 55.2 Å². The number of nitrogens with zero attached hydrogens (tertiary/aromatic N) is 3. The molecular weight excluding hydrogens is 202 g/mol. The van der Waals surface area contributed by atoms with Crippen molar-refractivity contribution in [3.63, 3.8) is 0 Å². The Morgan fingerprint density at radius 1 is 1.31 bits per heavy atom. The van der Waals surface area contributed by atoms with Crippen molar-refractivity contribution in [3.8, 4) is 11.3 Å². The first-order valence-electron chi connectivity index (χ1n) is 4.77. The van der Waals surface area contributed by atoms with Crippen LogP contribution >= 0.6 is 0 Å². The van der Waals surface area contributed by atoms with E-state index in [1.807, 2.05) is 25.1 Å². The number of isocyanates is 1. The number of carbonyl (C=O) groups excluding carboxylic acids is 1. The van der Waals surface area contributed by atoms with E-state index in [9.17, 15) is 4.79 Å². The SMILES string of the molecule is Cc1nccc(-c2cccc(N=C=O)c2)n1. The van der Waals surface area contributed by atoms with E-state index in [1.165, 1.54) is 6.08 Å². The van der Waals surface area contributed by atoms with Gasteiger partial charge in [0.05, 0.1) is 11.4 Å². The fourth-order valence-electron chi connectivity index (χ4n) is 1.40. The lowest BCUT2D eigenvalue weighted by Gasteiger charge is -2.01. The molecule has 78 valence electrons. The van der Waals surface area contributed by atoms with Gasteiger partial charge in [-0.2, -0.15) is 4.99 Å². The third kappa shape index (κ3) is 2.19. The smallest absolute Gasteiger partial charge is 0.240 e. The molecule has 0 amide bonds. The molecular formula is C12H9N3O. The largest absolute Gasteiger partial charge is 0.242 e. The lowest BCUT2D eigenvalue weighted by atomic mass is 10.1. The van der Waals surface area contributed by atoms with Gasteiger partial charge < -0.3 is 0 Å². The number of hydrogen-bond donors (Lipinski definition) is 0. The van der Waals surface area contributed by atoms with Gasteiger partial charge in [0.15, 0.2) is 0 Å². The van der Waals surface area contributed by atoms with Crippen molar-refractivity contribution < 1.29 is 4.79 Å². The number of aryl methyl sites for hydroxylation is 1. The van der Waals surface area contributed by atoms with Crippen LogP contribution in [0.25, 0.3) is 11.3 Å². The Hall–Kier alpha value is -2.32. The molecule has 2 rings (SSSR count). The van der Waals surface area contributed by atoms with E-state index < -0.39 is 0 Å². The standard InChI is InChI=1S/C12H9N3O/c1-9-13-6-5-12(15-9)10-3-2-4-11(7-10)14-8-16/h2-7H,1H3. The maximum Gasteiger partial charge on any atom is 0.240 e. The second-order valence-electron chi connectivity index (χ2n) is 3.24. The molecule has 4 heteroatoms. The van der Waals surface area contributed by atoms with Crippen LogP contribution in [0.1, 0.15) is 5.82 Å². The molecule has 0 fully saturated rings. The van der Waals surface area contributed by atoms with E-state index in [-0.39, 0.29) is 0 Å². The first-order chi connectivity index (χ1) is 7.79. The van der Waals surface area contributed by atoms with E-state index in [0.717, 1.165) is 11.3 Å². The van der Waals surface area contributed by atoms with Crippen LogP contribution in [0.2, 0.25) is 0 Å². The molecule has 1 aromatic heterocycles. The van der Waals surface area contributed by atoms with Gasteiger partial charge in [0, 0.05) is 11.8 Å². The molecule has 2 aromatic rings. The van der Waals surface area contributed by atoms with Gasteiger partial charge >= 0.3 is 0 Å². The summed E-state index contributed by atoms with van der Waals surface area (Å²) in [6.45, 7) is 1.83. The maximum absolute atomic E-state index is 10.2. The maximum atomic E-state index is 10.2. The molecule has 0 radical (unpaired) electrons. The Bertz CT molecular complexity index is 560. The van der Waals surface area contributed by atoms with Gasteiger partial charge in [-0.05, 0) is 25.1 Å². The molecule has 0 saturated carbocycles. The molecule has 4 nitrogen and oxygen atoms in total. The fraction of sp³-hybridized carbons (Fsp3) is 0.0833. The quantitative estimate of drug-likeness (QED) is 0.566. The highest BCUT2D eigenvalue weighted by atomic mass is 16.1. The molecule has 0 aliphatic heterocycles. The molecule has 0 atom stereocenters. The normalized spacial score (nSPS) is 9.56. The average molecular weight is 211 g/mol. The summed E-state index contributed by atoms with van der Waals surface area (Å²) in [5, 5.41) is 0. The highest BCUT2D eigenvalue weighted by Gasteiger charge is 2.00. The van der Waals surface area contributed by atoms with Crippen molar-refractivity contribution in [2.24, 2.45) is 4.99 Å². The van der Waals surface area contributed by atoms with E-state index in [2.05, 4.69) is 15.0 Å². The number of aliphatic imine (C=N–C) groups is 1. The third-order valence-electron chi connectivity index (χ3n) is 2.09. The van der Waals surface area contributed by atoms with Crippen LogP contribution in [0.3, 0.4) is 0 Å². The monoisotopic (exact) mass is 211 g/mol. The van der Waals surface area contributed by atoms with Crippen molar-refractivity contribution in [2.45, 2.75) is 6.92 Å². The van der Waals surface area contributed by atoms with Crippen LogP contribution < -0.4 is 0 Å². The second kappa shape index (κ2) is 4.47. The summed E-state index contributed by atoms with van der Waals surface area (Å²) in [6, 6.07) is 9.07. The summed E-state index contributed by atoms with van der Waals surface area (Å²) in [5.74, 6) is 0.710. The summed E-state index contributed by atoms with van der Waals surface area (Å²) in [5.41, 5.74) is 2.29. The minimum Gasteiger partial charge on any atom is -0.242 e. The van der Waals surface area contributed by atoms with Gasteiger partial charge in [-0.25, -0.2) is 14.8 Å². The minimum absolute atomic E-state index is 0.573. The first-order valence-corrected chi connectivity index (χ1v) is 4.77. The van der Waals surface area contributed by atoms with Crippen LogP contribution in [0, 0.1) is 6.92 Å². The van der Waals surface area contributed by atoms with Crippen LogP contribution in [0.15, 0.2) is 41.5 Å². The molecule has 0 spiro atoms. The fourth-order valence-corrected chi connectivity index (χ4v) is 1.40. The Kier molecular flexibility index (Phi) is 2.85. The summed E-state index contributed by atoms with van der Waals surface area (Å²) in [6.07, 6.45) is 3.22. The van der Waals surface area contributed by atoms with Gasteiger partial charge in [-0.15, -0.1) is 0 Å². The van der Waals surface area contributed by atoms with Gasteiger partial charge in [-0.3, -0.25) is 0 Å². The molecule has 0 unspecified atom stereocenters. The molecule has 0 aliphatic carbocycles. The minimum atomic E-state index is 0.573. The Labute approximate surface area is 92.7 Å². The molecule has 0 aliphatic rings. The number of benzene rings is 1. The van der Waals surface area contributed by atoms with Crippen molar-refractivity contribution in [1.29, 1.82) is 0 Å². The van der Waals surface area contributed by atoms with Gasteiger partial charge in [0.2, 0.25) is 6.08 Å². The van der Waals surface area contributed by atoms with Crippen molar-refractivity contribution in [1.82, 2.24) is 9.97 Å². The molecule has 0 saturated heterocycles. The lowest BCUT2D eigenvalue weighted by molar-refractivity contribution is 0.565. The number of rotatable bonds is 2.